The molecule has 0 N–H and O–H groups in total. The minimum absolute atomic E-state index is 0.208. The standard InChI is InChI=1S/C18H14ClNO/c1-3-18(21)20(2)17-13-16(19)12-11-15(17)10-9-14-7-5-4-6-8-14/h3-8,11-13H,1H2,2H3. The van der Waals surface area contributed by atoms with E-state index in [1.54, 1.807) is 25.2 Å². The third-order valence-electron chi connectivity index (χ3n) is 2.94. The van der Waals surface area contributed by atoms with Gasteiger partial charge in [0.15, 0.2) is 0 Å². The van der Waals surface area contributed by atoms with Crippen molar-refractivity contribution in [1.82, 2.24) is 0 Å². The average Bonchev–Trinajstić information content (AvgIpc) is 2.53. The summed E-state index contributed by atoms with van der Waals surface area (Å²) in [5.41, 5.74) is 2.31. The zero-order chi connectivity index (χ0) is 15.2. The smallest absolute Gasteiger partial charge is 0.250 e. The van der Waals surface area contributed by atoms with E-state index in [1.165, 1.54) is 11.0 Å². The molecule has 2 aromatic rings. The number of carbonyl (C=O) groups excluding carboxylic acids is 1. The van der Waals surface area contributed by atoms with Crippen LogP contribution in [-0.2, 0) is 4.79 Å². The van der Waals surface area contributed by atoms with Gasteiger partial charge in [0, 0.05) is 23.2 Å². The minimum Gasteiger partial charge on any atom is -0.311 e. The molecule has 0 aliphatic heterocycles. The van der Waals surface area contributed by atoms with Crippen molar-refractivity contribution in [1.29, 1.82) is 0 Å². The van der Waals surface area contributed by atoms with E-state index in [4.69, 9.17) is 11.6 Å². The first-order chi connectivity index (χ1) is 10.1. The van der Waals surface area contributed by atoms with Gasteiger partial charge in [0.05, 0.1) is 5.69 Å². The Balaban J connectivity index is 2.43. The molecule has 0 saturated carbocycles. The number of rotatable bonds is 2. The molecule has 0 radical (unpaired) electrons. The molecule has 3 heteroatoms. The SMILES string of the molecule is C=CC(=O)N(C)c1cc(Cl)ccc1C#Cc1ccccc1. The predicted molar refractivity (Wildman–Crippen MR) is 87.5 cm³/mol. The maximum absolute atomic E-state index is 11.8. The van der Waals surface area contributed by atoms with Gasteiger partial charge in [-0.2, -0.15) is 0 Å². The molecule has 0 spiro atoms. The number of carbonyl (C=O) groups is 1. The lowest BCUT2D eigenvalue weighted by molar-refractivity contribution is -0.113. The fraction of sp³-hybridized carbons (Fsp3) is 0.0556. The molecular formula is C18H14ClNO. The third kappa shape index (κ3) is 3.75. The Morgan fingerprint density at radius 3 is 2.57 bits per heavy atom. The minimum atomic E-state index is -0.208. The molecule has 21 heavy (non-hydrogen) atoms. The van der Waals surface area contributed by atoms with E-state index in [2.05, 4.69) is 18.4 Å². The summed E-state index contributed by atoms with van der Waals surface area (Å²) in [4.78, 5) is 13.2. The zero-order valence-electron chi connectivity index (χ0n) is 11.6. The molecule has 2 rings (SSSR count). The van der Waals surface area contributed by atoms with Gasteiger partial charge in [-0.15, -0.1) is 0 Å². The molecule has 0 aliphatic rings. The van der Waals surface area contributed by atoms with Gasteiger partial charge in [-0.1, -0.05) is 48.2 Å². The second-order valence-electron chi connectivity index (χ2n) is 4.38. The summed E-state index contributed by atoms with van der Waals surface area (Å²) in [5.74, 6) is 5.95. The van der Waals surface area contributed by atoms with E-state index in [-0.39, 0.29) is 5.91 Å². The molecule has 104 valence electrons. The first-order valence-electron chi connectivity index (χ1n) is 6.38. The highest BCUT2D eigenvalue weighted by Gasteiger charge is 2.11. The fourth-order valence-corrected chi connectivity index (χ4v) is 1.97. The molecule has 0 bridgehead atoms. The van der Waals surface area contributed by atoms with Gasteiger partial charge in [-0.05, 0) is 36.4 Å². The summed E-state index contributed by atoms with van der Waals surface area (Å²) in [6.07, 6.45) is 1.26. The number of hydrogen-bond acceptors (Lipinski definition) is 1. The second kappa shape index (κ2) is 6.78. The van der Waals surface area contributed by atoms with Crippen LogP contribution in [0.4, 0.5) is 5.69 Å². The van der Waals surface area contributed by atoms with Crippen molar-refractivity contribution in [2.75, 3.05) is 11.9 Å². The van der Waals surface area contributed by atoms with Crippen LogP contribution in [0.2, 0.25) is 5.02 Å². The predicted octanol–water partition coefficient (Wildman–Crippen LogP) is 3.89. The topological polar surface area (TPSA) is 20.3 Å². The van der Waals surface area contributed by atoms with E-state index in [1.807, 2.05) is 30.3 Å². The highest BCUT2D eigenvalue weighted by atomic mass is 35.5. The normalized spacial score (nSPS) is 9.43. The van der Waals surface area contributed by atoms with Crippen molar-refractivity contribution in [3.05, 3.63) is 77.3 Å². The molecule has 0 aliphatic carbocycles. The van der Waals surface area contributed by atoms with Gasteiger partial charge in [0.2, 0.25) is 5.91 Å². The highest BCUT2D eigenvalue weighted by molar-refractivity contribution is 6.31. The van der Waals surface area contributed by atoms with Crippen molar-refractivity contribution < 1.29 is 4.79 Å². The average molecular weight is 296 g/mol. The van der Waals surface area contributed by atoms with Gasteiger partial charge in [-0.3, -0.25) is 4.79 Å². The number of benzene rings is 2. The Kier molecular flexibility index (Phi) is 4.81. The van der Waals surface area contributed by atoms with Crippen molar-refractivity contribution in [3.63, 3.8) is 0 Å². The van der Waals surface area contributed by atoms with Gasteiger partial charge >= 0.3 is 0 Å². The monoisotopic (exact) mass is 295 g/mol. The molecule has 0 saturated heterocycles. The van der Waals surface area contributed by atoms with Gasteiger partial charge in [-0.25, -0.2) is 0 Å². The van der Waals surface area contributed by atoms with Crippen molar-refractivity contribution in [3.8, 4) is 11.8 Å². The van der Waals surface area contributed by atoms with Crippen LogP contribution < -0.4 is 4.90 Å². The number of nitrogens with zero attached hydrogens (tertiary/aromatic N) is 1. The summed E-state index contributed by atoms with van der Waals surface area (Å²) < 4.78 is 0. The third-order valence-corrected chi connectivity index (χ3v) is 3.18. The summed E-state index contributed by atoms with van der Waals surface area (Å²) in [7, 11) is 1.67. The van der Waals surface area contributed by atoms with Crippen LogP contribution in [0, 0.1) is 11.8 Å². The lowest BCUT2D eigenvalue weighted by atomic mass is 10.1. The quantitative estimate of drug-likeness (QED) is 0.608. The van der Waals surface area contributed by atoms with Gasteiger partial charge < -0.3 is 4.90 Å². The second-order valence-corrected chi connectivity index (χ2v) is 4.82. The zero-order valence-corrected chi connectivity index (χ0v) is 12.4. The molecule has 0 unspecified atom stereocenters. The van der Waals surface area contributed by atoms with E-state index in [9.17, 15) is 4.79 Å². The number of halogens is 1. The maximum atomic E-state index is 11.8. The van der Waals surface area contributed by atoms with Crippen LogP contribution in [0.3, 0.4) is 0 Å². The number of anilines is 1. The summed E-state index contributed by atoms with van der Waals surface area (Å²) in [6, 6.07) is 14.9. The first kappa shape index (κ1) is 14.9. The molecule has 0 aromatic heterocycles. The van der Waals surface area contributed by atoms with Crippen LogP contribution in [0.25, 0.3) is 0 Å². The van der Waals surface area contributed by atoms with Crippen molar-refractivity contribution in [2.45, 2.75) is 0 Å². The Morgan fingerprint density at radius 1 is 1.19 bits per heavy atom. The lowest BCUT2D eigenvalue weighted by Crippen LogP contribution is -2.24. The van der Waals surface area contributed by atoms with Crippen LogP contribution in [0.5, 0.6) is 0 Å². The maximum Gasteiger partial charge on any atom is 0.250 e. The molecule has 0 atom stereocenters. The van der Waals surface area contributed by atoms with E-state index in [0.29, 0.717) is 10.7 Å². The lowest BCUT2D eigenvalue weighted by Gasteiger charge is -2.17. The van der Waals surface area contributed by atoms with Gasteiger partial charge in [0.25, 0.3) is 0 Å². The number of likely N-dealkylation sites (N-methyl/N-ethyl adjacent to an activating group) is 1. The molecule has 2 nitrogen and oxygen atoms in total. The van der Waals surface area contributed by atoms with E-state index < -0.39 is 0 Å². The Bertz CT molecular complexity index is 726. The fourth-order valence-electron chi connectivity index (χ4n) is 1.80. The molecule has 2 aromatic carbocycles. The summed E-state index contributed by atoms with van der Waals surface area (Å²) in [5, 5.41) is 0.555. The number of amides is 1. The Labute approximate surface area is 129 Å². The van der Waals surface area contributed by atoms with Crippen molar-refractivity contribution in [2.24, 2.45) is 0 Å². The number of hydrogen-bond donors (Lipinski definition) is 0. The summed E-state index contributed by atoms with van der Waals surface area (Å²) in [6.45, 7) is 3.49. The summed E-state index contributed by atoms with van der Waals surface area (Å²) >= 11 is 6.01. The largest absolute Gasteiger partial charge is 0.311 e. The highest BCUT2D eigenvalue weighted by Crippen LogP contribution is 2.24. The van der Waals surface area contributed by atoms with Crippen molar-refractivity contribution >= 4 is 23.2 Å². The van der Waals surface area contributed by atoms with E-state index in [0.717, 1.165) is 11.1 Å². The molecule has 1 amide bonds. The Morgan fingerprint density at radius 2 is 1.90 bits per heavy atom. The molecular weight excluding hydrogens is 282 g/mol. The van der Waals surface area contributed by atoms with E-state index >= 15 is 0 Å². The first-order valence-corrected chi connectivity index (χ1v) is 6.76. The van der Waals surface area contributed by atoms with Crippen LogP contribution >= 0.6 is 11.6 Å². The van der Waals surface area contributed by atoms with Crippen LogP contribution in [0.1, 0.15) is 11.1 Å². The Hall–Kier alpha value is -2.50. The molecule has 0 heterocycles. The van der Waals surface area contributed by atoms with Gasteiger partial charge in [0.1, 0.15) is 0 Å². The molecule has 0 fully saturated rings. The van der Waals surface area contributed by atoms with Crippen LogP contribution in [0.15, 0.2) is 61.2 Å². The van der Waals surface area contributed by atoms with Crippen LogP contribution in [-0.4, -0.2) is 13.0 Å².